The molecule has 1 aromatic heterocycles. The van der Waals surface area contributed by atoms with E-state index in [1.807, 2.05) is 43.3 Å². The van der Waals surface area contributed by atoms with Crippen molar-refractivity contribution in [2.24, 2.45) is 0 Å². The molecule has 1 N–H and O–H groups in total. The van der Waals surface area contributed by atoms with Gasteiger partial charge in [0.1, 0.15) is 24.3 Å². The van der Waals surface area contributed by atoms with Gasteiger partial charge in [-0.1, -0.05) is 36.9 Å². The van der Waals surface area contributed by atoms with Crippen molar-refractivity contribution in [2.75, 3.05) is 24.3 Å². The predicted octanol–water partition coefficient (Wildman–Crippen LogP) is 4.17. The number of hydrogen-bond donors (Lipinski definition) is 1. The lowest BCUT2D eigenvalue weighted by Gasteiger charge is -2.19. The van der Waals surface area contributed by atoms with E-state index < -0.39 is 0 Å². The van der Waals surface area contributed by atoms with E-state index in [1.165, 1.54) is 11.8 Å². The number of nitrogens with one attached hydrogen (secondary N) is 1. The summed E-state index contributed by atoms with van der Waals surface area (Å²) in [6.45, 7) is 3.04. The van der Waals surface area contributed by atoms with Crippen LogP contribution in [0.15, 0.2) is 47.5 Å². The minimum Gasteiger partial charge on any atom is -0.486 e. The lowest BCUT2D eigenvalue weighted by molar-refractivity contribution is -0.113. The molecule has 0 unspecified atom stereocenters. The fourth-order valence-corrected chi connectivity index (χ4v) is 3.92. The molecule has 3 aromatic rings. The molecular formula is C22H19N3O3S. The largest absolute Gasteiger partial charge is 0.486 e. The molecule has 2 heterocycles. The molecule has 0 aliphatic carbocycles. The van der Waals surface area contributed by atoms with E-state index in [0.29, 0.717) is 40.8 Å². The van der Waals surface area contributed by atoms with Crippen LogP contribution in [0, 0.1) is 11.3 Å². The number of nitriles is 1. The minimum atomic E-state index is -0.135. The zero-order valence-electron chi connectivity index (χ0n) is 15.9. The van der Waals surface area contributed by atoms with Gasteiger partial charge in [0.2, 0.25) is 5.91 Å². The topological polar surface area (TPSA) is 84.2 Å². The van der Waals surface area contributed by atoms with E-state index in [-0.39, 0.29) is 11.7 Å². The zero-order valence-corrected chi connectivity index (χ0v) is 16.7. The average molecular weight is 405 g/mol. The number of aromatic nitrogens is 1. The minimum absolute atomic E-state index is 0.135. The van der Waals surface area contributed by atoms with Crippen LogP contribution < -0.4 is 14.8 Å². The van der Waals surface area contributed by atoms with Crippen LogP contribution >= 0.6 is 11.8 Å². The van der Waals surface area contributed by atoms with Gasteiger partial charge in [-0.15, -0.1) is 0 Å². The van der Waals surface area contributed by atoms with Gasteiger partial charge in [-0.3, -0.25) is 4.79 Å². The molecule has 146 valence electrons. The molecule has 1 aliphatic rings. The van der Waals surface area contributed by atoms with Crippen LogP contribution in [0.2, 0.25) is 0 Å². The molecule has 0 atom stereocenters. The van der Waals surface area contributed by atoms with Gasteiger partial charge in [0.15, 0.2) is 11.5 Å². The van der Waals surface area contributed by atoms with Crippen LogP contribution in [0.5, 0.6) is 11.5 Å². The Balaban J connectivity index is 1.54. The summed E-state index contributed by atoms with van der Waals surface area (Å²) in [6, 6.07) is 15.3. The number of benzene rings is 2. The molecule has 1 amide bonds. The van der Waals surface area contributed by atoms with Crippen molar-refractivity contribution in [1.29, 1.82) is 5.26 Å². The monoisotopic (exact) mass is 405 g/mol. The normalized spacial score (nSPS) is 12.4. The maximum atomic E-state index is 12.4. The summed E-state index contributed by atoms with van der Waals surface area (Å²) < 4.78 is 11.2. The van der Waals surface area contributed by atoms with E-state index in [1.54, 1.807) is 6.07 Å². The Labute approximate surface area is 172 Å². The number of fused-ring (bicyclic) bond motifs is 2. The maximum Gasteiger partial charge on any atom is 0.234 e. The van der Waals surface area contributed by atoms with E-state index in [4.69, 9.17) is 9.47 Å². The molecule has 0 bridgehead atoms. The van der Waals surface area contributed by atoms with E-state index in [0.717, 1.165) is 23.1 Å². The number of anilines is 1. The fraction of sp³-hybridized carbons (Fsp3) is 0.227. The smallest absolute Gasteiger partial charge is 0.234 e. The molecule has 7 heteroatoms. The zero-order chi connectivity index (χ0) is 20.2. The number of nitrogens with zero attached hydrogens (tertiary/aromatic N) is 2. The number of carbonyl (C=O) groups is 1. The third-order valence-corrected chi connectivity index (χ3v) is 5.57. The first kappa shape index (κ1) is 19.1. The number of thioether (sulfide) groups is 1. The van der Waals surface area contributed by atoms with Crippen molar-refractivity contribution in [2.45, 2.75) is 18.4 Å². The molecule has 0 saturated heterocycles. The molecule has 0 radical (unpaired) electrons. The van der Waals surface area contributed by atoms with Crippen LogP contribution in [0.3, 0.4) is 0 Å². The Kier molecular flexibility index (Phi) is 5.54. The standard InChI is InChI=1S/C22H19N3O3S/c1-2-14-5-3-4-6-17(14)24-21(26)13-29-22-16(12-23)9-15-10-19-20(11-18(15)25-22)28-8-7-27-19/h3-6,9-11H,2,7-8,13H2,1H3,(H,24,26). The van der Waals surface area contributed by atoms with Crippen LogP contribution in [-0.4, -0.2) is 29.9 Å². The van der Waals surface area contributed by atoms with E-state index in [9.17, 15) is 10.1 Å². The Morgan fingerprint density at radius 3 is 2.72 bits per heavy atom. The summed E-state index contributed by atoms with van der Waals surface area (Å²) in [7, 11) is 0. The van der Waals surface area contributed by atoms with Crippen molar-refractivity contribution < 1.29 is 14.3 Å². The Morgan fingerprint density at radius 2 is 1.97 bits per heavy atom. The Morgan fingerprint density at radius 1 is 1.21 bits per heavy atom. The van der Waals surface area contributed by atoms with Crippen LogP contribution in [-0.2, 0) is 11.2 Å². The summed E-state index contributed by atoms with van der Waals surface area (Å²) in [5.74, 6) is 1.33. The molecule has 6 nitrogen and oxygen atoms in total. The number of amides is 1. The highest BCUT2D eigenvalue weighted by molar-refractivity contribution is 8.00. The molecule has 0 spiro atoms. The summed E-state index contributed by atoms with van der Waals surface area (Å²) in [4.78, 5) is 17.0. The summed E-state index contributed by atoms with van der Waals surface area (Å²) >= 11 is 1.25. The number of rotatable bonds is 5. The second-order valence-electron chi connectivity index (χ2n) is 6.49. The number of ether oxygens (including phenoxy) is 2. The highest BCUT2D eigenvalue weighted by atomic mass is 32.2. The molecule has 4 rings (SSSR count). The third-order valence-electron chi connectivity index (χ3n) is 4.58. The highest BCUT2D eigenvalue weighted by Gasteiger charge is 2.16. The molecule has 29 heavy (non-hydrogen) atoms. The molecular weight excluding hydrogens is 386 g/mol. The Bertz CT molecular complexity index is 1120. The number of carbonyl (C=O) groups excluding carboxylic acids is 1. The van der Waals surface area contributed by atoms with E-state index in [2.05, 4.69) is 16.4 Å². The summed E-state index contributed by atoms with van der Waals surface area (Å²) in [5.41, 5.74) is 3.03. The SMILES string of the molecule is CCc1ccccc1NC(=O)CSc1nc2cc3c(cc2cc1C#N)OCCO3. The van der Waals surface area contributed by atoms with Crippen molar-refractivity contribution in [1.82, 2.24) is 4.98 Å². The fourth-order valence-electron chi connectivity index (χ4n) is 3.15. The van der Waals surface area contributed by atoms with Gasteiger partial charge in [0.25, 0.3) is 0 Å². The first-order valence-electron chi connectivity index (χ1n) is 9.33. The second kappa shape index (κ2) is 8.41. The number of aryl methyl sites for hydroxylation is 1. The van der Waals surface area contributed by atoms with Crippen molar-refractivity contribution in [3.63, 3.8) is 0 Å². The number of pyridine rings is 1. The molecule has 0 fully saturated rings. The van der Waals surface area contributed by atoms with Crippen LogP contribution in [0.25, 0.3) is 10.9 Å². The number of hydrogen-bond acceptors (Lipinski definition) is 6. The quantitative estimate of drug-likeness (QED) is 0.642. The van der Waals surface area contributed by atoms with Crippen molar-refractivity contribution in [3.05, 3.63) is 53.6 Å². The van der Waals surface area contributed by atoms with Gasteiger partial charge >= 0.3 is 0 Å². The lowest BCUT2D eigenvalue weighted by Crippen LogP contribution is -2.15. The first-order chi connectivity index (χ1) is 14.2. The van der Waals surface area contributed by atoms with Crippen molar-refractivity contribution >= 4 is 34.3 Å². The molecule has 0 saturated carbocycles. The average Bonchev–Trinajstić information content (AvgIpc) is 2.76. The second-order valence-corrected chi connectivity index (χ2v) is 7.45. The van der Waals surface area contributed by atoms with Gasteiger partial charge in [0, 0.05) is 17.1 Å². The van der Waals surface area contributed by atoms with Gasteiger partial charge in [-0.25, -0.2) is 4.98 Å². The van der Waals surface area contributed by atoms with Gasteiger partial charge < -0.3 is 14.8 Å². The summed E-state index contributed by atoms with van der Waals surface area (Å²) in [6.07, 6.45) is 0.838. The van der Waals surface area contributed by atoms with Gasteiger partial charge in [0.05, 0.1) is 16.8 Å². The first-order valence-corrected chi connectivity index (χ1v) is 10.3. The maximum absolute atomic E-state index is 12.4. The Hall–Kier alpha value is -3.24. The van der Waals surface area contributed by atoms with Crippen LogP contribution in [0.1, 0.15) is 18.1 Å². The molecule has 2 aromatic carbocycles. The van der Waals surface area contributed by atoms with Crippen LogP contribution in [0.4, 0.5) is 5.69 Å². The lowest BCUT2D eigenvalue weighted by atomic mass is 10.1. The highest BCUT2D eigenvalue weighted by Crippen LogP contribution is 2.35. The summed E-state index contributed by atoms with van der Waals surface area (Å²) in [5, 5.41) is 13.8. The predicted molar refractivity (Wildman–Crippen MR) is 113 cm³/mol. The van der Waals surface area contributed by atoms with E-state index >= 15 is 0 Å². The van der Waals surface area contributed by atoms with Crippen molar-refractivity contribution in [3.8, 4) is 17.6 Å². The molecule has 1 aliphatic heterocycles. The van der Waals surface area contributed by atoms with Gasteiger partial charge in [-0.05, 0) is 30.2 Å². The van der Waals surface area contributed by atoms with Gasteiger partial charge in [-0.2, -0.15) is 5.26 Å². The number of para-hydroxylation sites is 1. The third kappa shape index (κ3) is 4.13.